The van der Waals surface area contributed by atoms with E-state index in [0.29, 0.717) is 18.3 Å². The van der Waals surface area contributed by atoms with E-state index in [-0.39, 0.29) is 17.6 Å². The molecule has 2 saturated heterocycles. The van der Waals surface area contributed by atoms with Gasteiger partial charge in [-0.1, -0.05) is 13.0 Å². The second kappa shape index (κ2) is 8.97. The Morgan fingerprint density at radius 1 is 1.23 bits per heavy atom. The number of aromatic amines is 1. The van der Waals surface area contributed by atoms with Crippen LogP contribution >= 0.6 is 0 Å². The molecule has 0 radical (unpaired) electrons. The highest BCUT2D eigenvalue weighted by Crippen LogP contribution is 2.30. The number of nitrogens with one attached hydrogen (secondary N) is 2. The standard InChI is InChI=1S/C22H29N5O3/c1-3-15-4-6-18(25-21(15)28)20-12-17(14-30-20)27-10-8-26(9-11-27)16-5-7-19(24-13-16)22(29)23-2/h4-7,13,17,20H,3,8-12,14H2,1-2H3,(H,23,29)(H,25,28)/t17-,20-/m1/s1. The Bertz CT molecular complexity index is 935. The SMILES string of the molecule is CCc1ccc([C@H]2C[C@@H](N3CCN(c4ccc(C(=O)NC)nc4)CC3)CO2)[nH]c1=O. The Labute approximate surface area is 176 Å². The maximum atomic E-state index is 12.1. The van der Waals surface area contributed by atoms with Crippen molar-refractivity contribution in [3.63, 3.8) is 0 Å². The lowest BCUT2D eigenvalue weighted by molar-refractivity contribution is 0.0929. The number of H-pyrrole nitrogens is 1. The second-order valence-corrected chi connectivity index (χ2v) is 7.84. The lowest BCUT2D eigenvalue weighted by Crippen LogP contribution is -2.50. The minimum absolute atomic E-state index is 0.00768. The van der Waals surface area contributed by atoms with Crippen LogP contribution in [0.25, 0.3) is 0 Å². The maximum absolute atomic E-state index is 12.1. The molecule has 4 heterocycles. The molecular weight excluding hydrogens is 382 g/mol. The number of carbonyl (C=O) groups is 1. The molecule has 8 heteroatoms. The second-order valence-electron chi connectivity index (χ2n) is 7.84. The molecule has 4 rings (SSSR count). The van der Waals surface area contributed by atoms with Gasteiger partial charge in [-0.05, 0) is 31.0 Å². The Hall–Kier alpha value is -2.71. The quantitative estimate of drug-likeness (QED) is 0.772. The number of carbonyl (C=O) groups excluding carboxylic acids is 1. The van der Waals surface area contributed by atoms with Crippen LogP contribution in [0, 0.1) is 0 Å². The van der Waals surface area contributed by atoms with Crippen LogP contribution in [0.2, 0.25) is 0 Å². The molecule has 2 aromatic heterocycles. The fourth-order valence-electron chi connectivity index (χ4n) is 4.25. The summed E-state index contributed by atoms with van der Waals surface area (Å²) in [6, 6.07) is 7.98. The molecule has 0 saturated carbocycles. The predicted molar refractivity (Wildman–Crippen MR) is 115 cm³/mol. The molecule has 2 aromatic rings. The Kier molecular flexibility index (Phi) is 6.15. The van der Waals surface area contributed by atoms with Crippen LogP contribution in [0.3, 0.4) is 0 Å². The molecule has 2 atom stereocenters. The smallest absolute Gasteiger partial charge is 0.269 e. The van der Waals surface area contributed by atoms with Gasteiger partial charge in [-0.3, -0.25) is 14.5 Å². The van der Waals surface area contributed by atoms with Crippen LogP contribution in [-0.4, -0.2) is 66.7 Å². The number of ether oxygens (including phenoxy) is 1. The zero-order chi connectivity index (χ0) is 21.1. The zero-order valence-corrected chi connectivity index (χ0v) is 17.6. The molecule has 1 amide bonds. The van der Waals surface area contributed by atoms with Gasteiger partial charge in [-0.15, -0.1) is 0 Å². The third kappa shape index (κ3) is 4.24. The minimum atomic E-state index is -0.173. The Morgan fingerprint density at radius 3 is 2.67 bits per heavy atom. The predicted octanol–water partition coefficient (Wildman–Crippen LogP) is 1.34. The summed E-state index contributed by atoms with van der Waals surface area (Å²) in [5.74, 6) is -0.173. The average molecular weight is 412 g/mol. The maximum Gasteiger partial charge on any atom is 0.269 e. The average Bonchev–Trinajstić information content (AvgIpc) is 3.29. The molecule has 0 bridgehead atoms. The van der Waals surface area contributed by atoms with Gasteiger partial charge < -0.3 is 19.9 Å². The van der Waals surface area contributed by atoms with Gasteiger partial charge in [0.25, 0.3) is 11.5 Å². The lowest BCUT2D eigenvalue weighted by atomic mass is 10.1. The van der Waals surface area contributed by atoms with Crippen LogP contribution in [0.4, 0.5) is 5.69 Å². The molecule has 2 aliphatic rings. The van der Waals surface area contributed by atoms with Crippen LogP contribution in [-0.2, 0) is 11.2 Å². The van der Waals surface area contributed by atoms with E-state index in [1.165, 1.54) is 0 Å². The molecule has 0 spiro atoms. The molecule has 0 aliphatic carbocycles. The zero-order valence-electron chi connectivity index (χ0n) is 17.6. The summed E-state index contributed by atoms with van der Waals surface area (Å²) >= 11 is 0. The van der Waals surface area contributed by atoms with Gasteiger partial charge in [-0.2, -0.15) is 0 Å². The number of hydrogen-bond donors (Lipinski definition) is 2. The summed E-state index contributed by atoms with van der Waals surface area (Å²) in [5, 5.41) is 2.59. The van der Waals surface area contributed by atoms with Gasteiger partial charge in [0.2, 0.25) is 0 Å². The van der Waals surface area contributed by atoms with Gasteiger partial charge in [0.15, 0.2) is 0 Å². The van der Waals surface area contributed by atoms with Crippen molar-refractivity contribution < 1.29 is 9.53 Å². The topological polar surface area (TPSA) is 90.6 Å². The van der Waals surface area contributed by atoms with E-state index in [1.807, 2.05) is 25.1 Å². The van der Waals surface area contributed by atoms with E-state index in [4.69, 9.17) is 4.74 Å². The fourth-order valence-corrected chi connectivity index (χ4v) is 4.25. The van der Waals surface area contributed by atoms with E-state index >= 15 is 0 Å². The minimum Gasteiger partial charge on any atom is -0.370 e. The fraction of sp³-hybridized carbons (Fsp3) is 0.500. The van der Waals surface area contributed by atoms with E-state index in [0.717, 1.165) is 56.0 Å². The first-order valence-corrected chi connectivity index (χ1v) is 10.6. The number of aromatic nitrogens is 2. The number of aryl methyl sites for hydroxylation is 1. The molecule has 160 valence electrons. The van der Waals surface area contributed by atoms with Crippen molar-refractivity contribution in [2.24, 2.45) is 0 Å². The molecule has 2 aliphatic heterocycles. The monoisotopic (exact) mass is 411 g/mol. The number of rotatable bonds is 5. The number of hydrogen-bond acceptors (Lipinski definition) is 6. The number of piperazine rings is 1. The van der Waals surface area contributed by atoms with Gasteiger partial charge in [-0.25, -0.2) is 4.98 Å². The van der Waals surface area contributed by atoms with Crippen LogP contribution in [0.15, 0.2) is 35.3 Å². The van der Waals surface area contributed by atoms with Crippen molar-refractivity contribution in [3.05, 3.63) is 57.8 Å². The highest BCUT2D eigenvalue weighted by atomic mass is 16.5. The Balaban J connectivity index is 1.32. The molecular formula is C22H29N5O3. The molecule has 0 unspecified atom stereocenters. The third-order valence-corrected chi connectivity index (χ3v) is 6.12. The van der Waals surface area contributed by atoms with Crippen molar-refractivity contribution in [2.45, 2.75) is 31.9 Å². The van der Waals surface area contributed by atoms with E-state index < -0.39 is 0 Å². The molecule has 8 nitrogen and oxygen atoms in total. The summed E-state index contributed by atoms with van der Waals surface area (Å²) < 4.78 is 6.02. The summed E-state index contributed by atoms with van der Waals surface area (Å²) in [5.41, 5.74) is 3.14. The highest BCUT2D eigenvalue weighted by Gasteiger charge is 2.33. The van der Waals surface area contributed by atoms with Crippen LogP contribution in [0.5, 0.6) is 0 Å². The summed E-state index contributed by atoms with van der Waals surface area (Å²) in [4.78, 5) is 35.8. The van der Waals surface area contributed by atoms with Crippen LogP contribution in [0.1, 0.15) is 41.2 Å². The summed E-state index contributed by atoms with van der Waals surface area (Å²) in [7, 11) is 1.60. The number of anilines is 1. The first-order chi connectivity index (χ1) is 14.6. The normalized spacial score (nSPS) is 22.3. The largest absolute Gasteiger partial charge is 0.370 e. The first kappa shape index (κ1) is 20.6. The third-order valence-electron chi connectivity index (χ3n) is 6.12. The van der Waals surface area contributed by atoms with E-state index in [1.54, 1.807) is 19.3 Å². The van der Waals surface area contributed by atoms with Crippen molar-refractivity contribution in [1.29, 1.82) is 0 Å². The summed E-state index contributed by atoms with van der Waals surface area (Å²) in [6.07, 6.45) is 3.35. The van der Waals surface area contributed by atoms with Crippen molar-refractivity contribution >= 4 is 11.6 Å². The van der Waals surface area contributed by atoms with Crippen molar-refractivity contribution in [1.82, 2.24) is 20.2 Å². The molecule has 0 aromatic carbocycles. The number of amides is 1. The first-order valence-electron chi connectivity index (χ1n) is 10.6. The Morgan fingerprint density at radius 2 is 2.03 bits per heavy atom. The molecule has 2 N–H and O–H groups in total. The van der Waals surface area contributed by atoms with Crippen LogP contribution < -0.4 is 15.8 Å². The van der Waals surface area contributed by atoms with E-state index in [9.17, 15) is 9.59 Å². The molecule has 30 heavy (non-hydrogen) atoms. The highest BCUT2D eigenvalue weighted by molar-refractivity contribution is 5.92. The van der Waals surface area contributed by atoms with Gasteiger partial charge in [0, 0.05) is 50.5 Å². The van der Waals surface area contributed by atoms with Gasteiger partial charge in [0.05, 0.1) is 24.6 Å². The van der Waals surface area contributed by atoms with Crippen molar-refractivity contribution in [3.8, 4) is 0 Å². The molecule has 2 fully saturated rings. The number of pyridine rings is 2. The van der Waals surface area contributed by atoms with Gasteiger partial charge >= 0.3 is 0 Å². The van der Waals surface area contributed by atoms with Gasteiger partial charge in [0.1, 0.15) is 5.69 Å². The van der Waals surface area contributed by atoms with Crippen molar-refractivity contribution in [2.75, 3.05) is 44.7 Å². The number of nitrogens with zero attached hydrogens (tertiary/aromatic N) is 3. The summed E-state index contributed by atoms with van der Waals surface area (Å²) in [6.45, 7) is 6.38. The lowest BCUT2D eigenvalue weighted by Gasteiger charge is -2.38. The van der Waals surface area contributed by atoms with E-state index in [2.05, 4.69) is 25.1 Å².